The zero-order valence-electron chi connectivity index (χ0n) is 9.24. The summed E-state index contributed by atoms with van der Waals surface area (Å²) in [6.45, 7) is 5.94. The SMILES string of the molecule is CC(C)(C)OC(=O)NCCc1ccno1. The Hall–Kier alpha value is -1.52. The van der Waals surface area contributed by atoms with Crippen LogP contribution in [0.4, 0.5) is 4.79 Å². The van der Waals surface area contributed by atoms with Crippen LogP contribution in [-0.4, -0.2) is 23.4 Å². The average molecular weight is 212 g/mol. The summed E-state index contributed by atoms with van der Waals surface area (Å²) >= 11 is 0. The molecule has 0 unspecified atom stereocenters. The summed E-state index contributed by atoms with van der Waals surface area (Å²) in [5.74, 6) is 0.742. The average Bonchev–Trinajstić information content (AvgIpc) is 2.53. The minimum Gasteiger partial charge on any atom is -0.444 e. The maximum absolute atomic E-state index is 11.2. The van der Waals surface area contributed by atoms with Crippen molar-refractivity contribution >= 4 is 6.09 Å². The molecule has 0 fully saturated rings. The van der Waals surface area contributed by atoms with Gasteiger partial charge in [0.05, 0.1) is 6.20 Å². The topological polar surface area (TPSA) is 64.4 Å². The molecule has 0 spiro atoms. The first-order valence-corrected chi connectivity index (χ1v) is 4.84. The Labute approximate surface area is 88.8 Å². The van der Waals surface area contributed by atoms with Gasteiger partial charge < -0.3 is 14.6 Å². The van der Waals surface area contributed by atoms with Gasteiger partial charge in [0.15, 0.2) is 0 Å². The molecule has 0 radical (unpaired) electrons. The van der Waals surface area contributed by atoms with E-state index in [4.69, 9.17) is 9.26 Å². The molecule has 84 valence electrons. The minimum atomic E-state index is -0.462. The van der Waals surface area contributed by atoms with Gasteiger partial charge >= 0.3 is 6.09 Å². The van der Waals surface area contributed by atoms with Crippen LogP contribution in [0.15, 0.2) is 16.8 Å². The van der Waals surface area contributed by atoms with Gasteiger partial charge in [-0.15, -0.1) is 0 Å². The fraction of sp³-hybridized carbons (Fsp3) is 0.600. The third kappa shape index (κ3) is 5.05. The summed E-state index contributed by atoms with van der Waals surface area (Å²) in [6.07, 6.45) is 1.77. The number of nitrogens with zero attached hydrogens (tertiary/aromatic N) is 1. The summed E-state index contributed by atoms with van der Waals surface area (Å²) in [5, 5.41) is 6.19. The lowest BCUT2D eigenvalue weighted by molar-refractivity contribution is 0.0528. The van der Waals surface area contributed by atoms with E-state index in [0.717, 1.165) is 5.76 Å². The molecule has 1 N–H and O–H groups in total. The molecule has 0 bridgehead atoms. The zero-order valence-corrected chi connectivity index (χ0v) is 9.24. The molecule has 0 saturated heterocycles. The smallest absolute Gasteiger partial charge is 0.407 e. The summed E-state index contributed by atoms with van der Waals surface area (Å²) in [5.41, 5.74) is -0.462. The van der Waals surface area contributed by atoms with E-state index in [1.807, 2.05) is 20.8 Å². The molecule has 0 aromatic carbocycles. The number of nitrogens with one attached hydrogen (secondary N) is 1. The number of hydrogen-bond donors (Lipinski definition) is 1. The normalized spacial score (nSPS) is 11.1. The molecule has 5 heteroatoms. The van der Waals surface area contributed by atoms with Crippen molar-refractivity contribution in [2.75, 3.05) is 6.54 Å². The molecule has 1 aromatic heterocycles. The van der Waals surface area contributed by atoms with Crippen molar-refractivity contribution in [3.05, 3.63) is 18.0 Å². The predicted octanol–water partition coefficient (Wildman–Crippen LogP) is 1.74. The summed E-state index contributed by atoms with van der Waals surface area (Å²) in [4.78, 5) is 11.2. The number of aromatic nitrogens is 1. The van der Waals surface area contributed by atoms with Crippen molar-refractivity contribution in [1.29, 1.82) is 0 Å². The first kappa shape index (κ1) is 11.6. The van der Waals surface area contributed by atoms with Crippen molar-refractivity contribution in [2.24, 2.45) is 0 Å². The second kappa shape index (κ2) is 4.82. The number of rotatable bonds is 3. The lowest BCUT2D eigenvalue weighted by Gasteiger charge is -2.19. The highest BCUT2D eigenvalue weighted by atomic mass is 16.6. The number of alkyl carbamates (subject to hydrolysis) is 1. The predicted molar refractivity (Wildman–Crippen MR) is 54.4 cm³/mol. The molecule has 0 atom stereocenters. The Balaban J connectivity index is 2.18. The van der Waals surface area contributed by atoms with Gasteiger partial charge in [0.25, 0.3) is 0 Å². The second-order valence-corrected chi connectivity index (χ2v) is 4.16. The standard InChI is InChI=1S/C10H16N2O3/c1-10(2,3)14-9(13)11-6-4-8-5-7-12-15-8/h5,7H,4,6H2,1-3H3,(H,11,13). The van der Waals surface area contributed by atoms with E-state index >= 15 is 0 Å². The van der Waals surface area contributed by atoms with Gasteiger partial charge in [-0.05, 0) is 20.8 Å². The fourth-order valence-corrected chi connectivity index (χ4v) is 0.973. The number of carbonyl (C=O) groups is 1. The van der Waals surface area contributed by atoms with Crippen molar-refractivity contribution in [2.45, 2.75) is 32.8 Å². The molecule has 1 aromatic rings. The molecule has 0 aliphatic carbocycles. The summed E-state index contributed by atoms with van der Waals surface area (Å²) in [6, 6.07) is 1.76. The van der Waals surface area contributed by atoms with E-state index in [2.05, 4.69) is 10.5 Å². The van der Waals surface area contributed by atoms with Gasteiger partial charge in [-0.25, -0.2) is 4.79 Å². The zero-order chi connectivity index (χ0) is 11.3. The highest BCUT2D eigenvalue weighted by Crippen LogP contribution is 2.06. The molecule has 0 aliphatic rings. The highest BCUT2D eigenvalue weighted by molar-refractivity contribution is 5.67. The quantitative estimate of drug-likeness (QED) is 0.828. The Morgan fingerprint density at radius 2 is 2.33 bits per heavy atom. The van der Waals surface area contributed by atoms with Crippen molar-refractivity contribution in [3.63, 3.8) is 0 Å². The molecule has 0 aliphatic heterocycles. The molecule has 1 rings (SSSR count). The van der Waals surface area contributed by atoms with Crippen LogP contribution < -0.4 is 5.32 Å². The van der Waals surface area contributed by atoms with Crippen LogP contribution in [0.5, 0.6) is 0 Å². The Morgan fingerprint density at radius 3 is 2.87 bits per heavy atom. The molecule has 1 heterocycles. The van der Waals surface area contributed by atoms with Gasteiger partial charge in [-0.1, -0.05) is 5.16 Å². The maximum atomic E-state index is 11.2. The van der Waals surface area contributed by atoms with Crippen LogP contribution >= 0.6 is 0 Å². The van der Waals surface area contributed by atoms with Crippen LogP contribution in [-0.2, 0) is 11.2 Å². The molecule has 15 heavy (non-hydrogen) atoms. The number of hydrogen-bond acceptors (Lipinski definition) is 4. The monoisotopic (exact) mass is 212 g/mol. The molecular weight excluding hydrogens is 196 g/mol. The van der Waals surface area contributed by atoms with E-state index in [1.165, 1.54) is 0 Å². The lowest BCUT2D eigenvalue weighted by atomic mass is 10.2. The summed E-state index contributed by atoms with van der Waals surface area (Å²) < 4.78 is 9.93. The first-order chi connectivity index (χ1) is 6.97. The van der Waals surface area contributed by atoms with E-state index in [1.54, 1.807) is 12.3 Å². The van der Waals surface area contributed by atoms with Gasteiger partial charge in [0.2, 0.25) is 0 Å². The maximum Gasteiger partial charge on any atom is 0.407 e. The van der Waals surface area contributed by atoms with Gasteiger partial charge in [0.1, 0.15) is 11.4 Å². The van der Waals surface area contributed by atoms with Gasteiger partial charge in [-0.2, -0.15) is 0 Å². The van der Waals surface area contributed by atoms with Crippen LogP contribution in [0.2, 0.25) is 0 Å². The van der Waals surface area contributed by atoms with Crippen molar-refractivity contribution < 1.29 is 14.1 Å². The Bertz CT molecular complexity index is 301. The Kier molecular flexibility index (Phi) is 3.71. The van der Waals surface area contributed by atoms with E-state index in [0.29, 0.717) is 13.0 Å². The van der Waals surface area contributed by atoms with E-state index in [-0.39, 0.29) is 0 Å². The lowest BCUT2D eigenvalue weighted by Crippen LogP contribution is -2.33. The van der Waals surface area contributed by atoms with Gasteiger partial charge in [0, 0.05) is 19.0 Å². The van der Waals surface area contributed by atoms with E-state index < -0.39 is 11.7 Å². The number of amides is 1. The molecule has 1 amide bonds. The highest BCUT2D eigenvalue weighted by Gasteiger charge is 2.15. The van der Waals surface area contributed by atoms with Crippen LogP contribution in [0.3, 0.4) is 0 Å². The number of ether oxygens (including phenoxy) is 1. The Morgan fingerprint density at radius 1 is 1.60 bits per heavy atom. The summed E-state index contributed by atoms with van der Waals surface area (Å²) in [7, 11) is 0. The van der Waals surface area contributed by atoms with Crippen LogP contribution in [0.1, 0.15) is 26.5 Å². The minimum absolute atomic E-state index is 0.415. The molecule has 5 nitrogen and oxygen atoms in total. The van der Waals surface area contributed by atoms with Crippen LogP contribution in [0.25, 0.3) is 0 Å². The second-order valence-electron chi connectivity index (χ2n) is 4.16. The third-order valence-electron chi connectivity index (χ3n) is 1.53. The molecular formula is C10H16N2O3. The first-order valence-electron chi connectivity index (χ1n) is 4.84. The molecule has 0 saturated carbocycles. The van der Waals surface area contributed by atoms with Gasteiger partial charge in [-0.3, -0.25) is 0 Å². The van der Waals surface area contributed by atoms with Crippen LogP contribution in [0, 0.1) is 0 Å². The van der Waals surface area contributed by atoms with Crippen molar-refractivity contribution in [3.8, 4) is 0 Å². The number of carbonyl (C=O) groups excluding carboxylic acids is 1. The van der Waals surface area contributed by atoms with E-state index in [9.17, 15) is 4.79 Å². The van der Waals surface area contributed by atoms with Crippen molar-refractivity contribution in [1.82, 2.24) is 10.5 Å². The third-order valence-corrected chi connectivity index (χ3v) is 1.53. The fourth-order valence-electron chi connectivity index (χ4n) is 0.973. The largest absolute Gasteiger partial charge is 0.444 e.